The summed E-state index contributed by atoms with van der Waals surface area (Å²) >= 11 is 0. The molecule has 1 aliphatic rings. The first-order valence-corrected chi connectivity index (χ1v) is 11.8. The highest BCUT2D eigenvalue weighted by Crippen LogP contribution is 2.34. The summed E-state index contributed by atoms with van der Waals surface area (Å²) in [6, 6.07) is 5.84. The lowest BCUT2D eigenvalue weighted by molar-refractivity contribution is 0.198. The molecule has 1 aromatic carbocycles. The van der Waals surface area contributed by atoms with Gasteiger partial charge in [0.15, 0.2) is 17.5 Å². The van der Waals surface area contributed by atoms with Crippen molar-refractivity contribution in [3.8, 4) is 11.5 Å². The Morgan fingerprint density at radius 3 is 2.47 bits per heavy atom. The second-order valence-corrected chi connectivity index (χ2v) is 9.76. The van der Waals surface area contributed by atoms with Crippen LogP contribution in [0.2, 0.25) is 0 Å². The van der Waals surface area contributed by atoms with Gasteiger partial charge in [-0.15, -0.1) is 24.0 Å². The van der Waals surface area contributed by atoms with Gasteiger partial charge in [-0.1, -0.05) is 12.1 Å². The molecule has 0 unspecified atom stereocenters. The molecule has 0 aromatic heterocycles. The average molecular weight is 554 g/mol. The molecular formula is C20H35IN4O4S. The molecule has 0 radical (unpaired) electrons. The van der Waals surface area contributed by atoms with Crippen LogP contribution in [0.25, 0.3) is 0 Å². The zero-order valence-corrected chi connectivity index (χ0v) is 21.6. The minimum atomic E-state index is -3.30. The third-order valence-electron chi connectivity index (χ3n) is 4.70. The van der Waals surface area contributed by atoms with Crippen LogP contribution in [0.5, 0.6) is 11.5 Å². The number of hydrogen-bond acceptors (Lipinski definition) is 5. The fourth-order valence-corrected chi connectivity index (χ4v) is 4.49. The van der Waals surface area contributed by atoms with Crippen LogP contribution in [0.4, 0.5) is 0 Å². The maximum absolute atomic E-state index is 11.5. The van der Waals surface area contributed by atoms with E-state index in [0.29, 0.717) is 19.0 Å². The Kier molecular flexibility index (Phi) is 10.7. The summed E-state index contributed by atoms with van der Waals surface area (Å²) in [5.41, 5.74) is 0.325. The molecule has 1 saturated carbocycles. The number of guanidine groups is 1. The number of hydrogen-bond donors (Lipinski definition) is 3. The minimum Gasteiger partial charge on any atom is -0.493 e. The maximum Gasteiger partial charge on any atom is 0.209 e. The van der Waals surface area contributed by atoms with Crippen molar-refractivity contribution in [2.75, 3.05) is 27.0 Å². The number of rotatable bonds is 9. The van der Waals surface area contributed by atoms with Gasteiger partial charge in [0, 0.05) is 31.2 Å². The second kappa shape index (κ2) is 11.9. The van der Waals surface area contributed by atoms with E-state index in [-0.39, 0.29) is 30.1 Å². The zero-order valence-electron chi connectivity index (χ0n) is 18.4. The number of nitrogens with one attached hydrogen (secondary N) is 3. The normalized spacial score (nSPS) is 15.4. The van der Waals surface area contributed by atoms with Crippen LogP contribution in [0, 0.1) is 0 Å². The smallest absolute Gasteiger partial charge is 0.209 e. The Morgan fingerprint density at radius 2 is 1.90 bits per heavy atom. The summed E-state index contributed by atoms with van der Waals surface area (Å²) in [5.74, 6) is 2.06. The van der Waals surface area contributed by atoms with Gasteiger partial charge >= 0.3 is 0 Å². The number of nitrogens with zero attached hydrogens (tertiary/aromatic N) is 1. The quantitative estimate of drug-likeness (QED) is 0.247. The number of ether oxygens (including phenoxy) is 2. The molecule has 8 nitrogen and oxygen atoms in total. The van der Waals surface area contributed by atoms with Gasteiger partial charge < -0.3 is 20.1 Å². The summed E-state index contributed by atoms with van der Waals surface area (Å²) in [4.78, 5) is 4.22. The molecule has 0 spiro atoms. The molecule has 0 bridgehead atoms. The molecule has 0 saturated heterocycles. The van der Waals surface area contributed by atoms with Crippen LogP contribution in [0.3, 0.4) is 0 Å². The number of benzene rings is 1. The topological polar surface area (TPSA) is 101 Å². The fraction of sp³-hybridized carbons (Fsp3) is 0.650. The summed E-state index contributed by atoms with van der Waals surface area (Å²) in [6.07, 6.45) is 5.90. The van der Waals surface area contributed by atoms with E-state index in [1.54, 1.807) is 14.2 Å². The van der Waals surface area contributed by atoms with Crippen molar-refractivity contribution in [3.63, 3.8) is 0 Å². The molecule has 3 N–H and O–H groups in total. The van der Waals surface area contributed by atoms with Crippen LogP contribution in [-0.2, 0) is 16.6 Å². The Balaban J connectivity index is 0.00000450. The van der Waals surface area contributed by atoms with Gasteiger partial charge in [0.2, 0.25) is 10.0 Å². The van der Waals surface area contributed by atoms with Gasteiger partial charge in [0.25, 0.3) is 0 Å². The predicted octanol–water partition coefficient (Wildman–Crippen LogP) is 2.63. The van der Waals surface area contributed by atoms with E-state index < -0.39 is 15.6 Å². The molecule has 0 aliphatic heterocycles. The Morgan fingerprint density at radius 1 is 1.23 bits per heavy atom. The molecule has 1 aliphatic carbocycles. The number of sulfonamides is 1. The minimum absolute atomic E-state index is 0. The predicted molar refractivity (Wildman–Crippen MR) is 132 cm³/mol. The zero-order chi connectivity index (χ0) is 21.5. The lowest BCUT2D eigenvalue weighted by atomic mass is 10.1. The van der Waals surface area contributed by atoms with Gasteiger partial charge in [-0.3, -0.25) is 4.99 Å². The molecule has 0 heterocycles. The van der Waals surface area contributed by atoms with E-state index in [1.165, 1.54) is 12.8 Å². The number of para-hydroxylation sites is 1. The van der Waals surface area contributed by atoms with Crippen LogP contribution < -0.4 is 24.8 Å². The highest BCUT2D eigenvalue weighted by molar-refractivity contribution is 14.0. The molecule has 0 amide bonds. The van der Waals surface area contributed by atoms with Crippen molar-refractivity contribution in [1.82, 2.24) is 15.4 Å². The van der Waals surface area contributed by atoms with Crippen molar-refractivity contribution < 1.29 is 17.9 Å². The van der Waals surface area contributed by atoms with Gasteiger partial charge in [0.05, 0.1) is 19.5 Å². The number of halogens is 1. The lowest BCUT2D eigenvalue weighted by Crippen LogP contribution is -2.52. The van der Waals surface area contributed by atoms with Crippen LogP contribution in [-0.4, -0.2) is 53.0 Å². The summed E-state index contributed by atoms with van der Waals surface area (Å²) in [6.45, 7) is 4.50. The molecule has 2 rings (SSSR count). The molecule has 172 valence electrons. The van der Waals surface area contributed by atoms with E-state index in [1.807, 2.05) is 32.0 Å². The van der Waals surface area contributed by atoms with E-state index in [4.69, 9.17) is 9.47 Å². The first-order chi connectivity index (χ1) is 13.6. The SMILES string of the molecule is CN=C(NCc1cccc(OC)c1OC1CCCC1)NCC(C)(C)NS(C)(=O)=O.I. The first-order valence-electron chi connectivity index (χ1n) is 9.89. The maximum atomic E-state index is 11.5. The molecule has 0 atom stereocenters. The van der Waals surface area contributed by atoms with Gasteiger partial charge in [-0.2, -0.15) is 0 Å². The highest BCUT2D eigenvalue weighted by atomic mass is 127. The van der Waals surface area contributed by atoms with Crippen LogP contribution in [0.1, 0.15) is 45.1 Å². The molecule has 30 heavy (non-hydrogen) atoms. The summed E-state index contributed by atoms with van der Waals surface area (Å²) in [5, 5.41) is 6.43. The van der Waals surface area contributed by atoms with E-state index in [2.05, 4.69) is 20.3 Å². The van der Waals surface area contributed by atoms with Crippen LogP contribution >= 0.6 is 24.0 Å². The third kappa shape index (κ3) is 8.84. The highest BCUT2D eigenvalue weighted by Gasteiger charge is 2.23. The summed E-state index contributed by atoms with van der Waals surface area (Å²) < 4.78 is 37.4. The van der Waals surface area contributed by atoms with E-state index in [0.717, 1.165) is 36.2 Å². The van der Waals surface area contributed by atoms with Gasteiger partial charge in [0.1, 0.15) is 0 Å². The van der Waals surface area contributed by atoms with E-state index in [9.17, 15) is 8.42 Å². The average Bonchev–Trinajstić information content (AvgIpc) is 3.14. The Labute approximate surface area is 197 Å². The number of methoxy groups -OCH3 is 1. The van der Waals surface area contributed by atoms with Crippen molar-refractivity contribution in [3.05, 3.63) is 23.8 Å². The van der Waals surface area contributed by atoms with Gasteiger partial charge in [-0.05, 0) is 45.6 Å². The largest absolute Gasteiger partial charge is 0.493 e. The van der Waals surface area contributed by atoms with Crippen molar-refractivity contribution >= 4 is 40.0 Å². The van der Waals surface area contributed by atoms with Crippen molar-refractivity contribution in [2.24, 2.45) is 4.99 Å². The monoisotopic (exact) mass is 554 g/mol. The molecule has 1 fully saturated rings. The van der Waals surface area contributed by atoms with Crippen molar-refractivity contribution in [1.29, 1.82) is 0 Å². The first kappa shape index (κ1) is 26.8. The van der Waals surface area contributed by atoms with Crippen LogP contribution in [0.15, 0.2) is 23.2 Å². The Bertz CT molecular complexity index is 809. The molecular weight excluding hydrogens is 519 g/mol. The standard InChI is InChI=1S/C20H34N4O4S.HI/c1-20(2,24-29(5,25)26)14-23-19(21-3)22-13-15-9-8-12-17(27-4)18(15)28-16-10-6-7-11-16;/h8-9,12,16,24H,6-7,10-11,13-14H2,1-5H3,(H2,21,22,23);1H. The molecule has 10 heteroatoms. The van der Waals surface area contributed by atoms with Crippen molar-refractivity contribution in [2.45, 2.75) is 57.7 Å². The van der Waals surface area contributed by atoms with E-state index >= 15 is 0 Å². The third-order valence-corrected chi connectivity index (χ3v) is 5.62. The van der Waals surface area contributed by atoms with Gasteiger partial charge in [-0.25, -0.2) is 13.1 Å². The Hall–Kier alpha value is -1.27. The summed E-state index contributed by atoms with van der Waals surface area (Å²) in [7, 11) is 0.0214. The lowest BCUT2D eigenvalue weighted by Gasteiger charge is -2.26. The molecule has 1 aromatic rings. The second-order valence-electron chi connectivity index (χ2n) is 8.01. The fourth-order valence-electron chi connectivity index (χ4n) is 3.41. The number of aliphatic imine (C=N–C) groups is 1.